The van der Waals surface area contributed by atoms with Crippen LogP contribution >= 0.6 is 0 Å². The van der Waals surface area contributed by atoms with Crippen LogP contribution in [0.2, 0.25) is 0 Å². The topological polar surface area (TPSA) is 59.6 Å². The maximum Gasteiger partial charge on any atom is 0.405 e. The average molecular weight is 306 g/mol. The quantitative estimate of drug-likeness (QED) is 0.846. The van der Waals surface area contributed by atoms with E-state index in [0.717, 1.165) is 0 Å². The highest BCUT2D eigenvalue weighted by Crippen LogP contribution is 2.26. The fourth-order valence-electron chi connectivity index (χ4n) is 1.55. The zero-order chi connectivity index (χ0) is 16.0. The smallest absolute Gasteiger partial charge is 0.405 e. The summed E-state index contributed by atoms with van der Waals surface area (Å²) in [5.41, 5.74) is 0.501. The van der Waals surface area contributed by atoms with Gasteiger partial charge in [0, 0.05) is 23.9 Å². The SMILES string of the molecule is COc1cc(NC(C)C(=O)NCC(F)(F)F)cc(OC)c1. The van der Waals surface area contributed by atoms with Crippen molar-refractivity contribution in [2.24, 2.45) is 0 Å². The monoisotopic (exact) mass is 306 g/mol. The standard InChI is InChI=1S/C13H17F3N2O3/c1-8(12(19)17-7-13(14,15)16)18-9-4-10(20-2)6-11(5-9)21-3/h4-6,8,18H,7H2,1-3H3,(H,17,19). The Balaban J connectivity index is 2.69. The molecule has 1 unspecified atom stereocenters. The number of halogens is 3. The van der Waals surface area contributed by atoms with Crippen LogP contribution in [0.4, 0.5) is 18.9 Å². The Morgan fingerprint density at radius 2 is 1.71 bits per heavy atom. The van der Waals surface area contributed by atoms with Gasteiger partial charge < -0.3 is 20.1 Å². The normalized spacial score (nSPS) is 12.5. The highest BCUT2D eigenvalue weighted by atomic mass is 19.4. The van der Waals surface area contributed by atoms with Crippen molar-refractivity contribution >= 4 is 11.6 Å². The second-order valence-electron chi connectivity index (χ2n) is 4.30. The van der Waals surface area contributed by atoms with Crippen molar-refractivity contribution in [2.45, 2.75) is 19.1 Å². The van der Waals surface area contributed by atoms with Crippen molar-refractivity contribution in [1.29, 1.82) is 0 Å². The number of hydrogen-bond acceptors (Lipinski definition) is 4. The molecule has 0 aliphatic heterocycles. The van der Waals surface area contributed by atoms with Crippen LogP contribution in [0.5, 0.6) is 11.5 Å². The summed E-state index contributed by atoms with van der Waals surface area (Å²) < 4.78 is 46.2. The lowest BCUT2D eigenvalue weighted by Gasteiger charge is -2.17. The van der Waals surface area contributed by atoms with Gasteiger partial charge in [-0.3, -0.25) is 4.79 Å². The summed E-state index contributed by atoms with van der Waals surface area (Å²) in [6.45, 7) is 0.0942. The van der Waals surface area contributed by atoms with E-state index in [1.807, 2.05) is 5.32 Å². The van der Waals surface area contributed by atoms with Crippen LogP contribution in [0.25, 0.3) is 0 Å². The van der Waals surface area contributed by atoms with E-state index in [2.05, 4.69) is 5.32 Å². The first kappa shape index (κ1) is 16.9. The van der Waals surface area contributed by atoms with Gasteiger partial charge in [0.2, 0.25) is 5.91 Å². The summed E-state index contributed by atoms with van der Waals surface area (Å²) in [4.78, 5) is 11.6. The fraction of sp³-hybridized carbons (Fsp3) is 0.462. The molecule has 0 aliphatic rings. The minimum absolute atomic E-state index is 0.500. The molecule has 0 bridgehead atoms. The summed E-state index contributed by atoms with van der Waals surface area (Å²) in [6, 6.07) is 4.01. The third-order valence-corrected chi connectivity index (χ3v) is 2.59. The maximum atomic E-state index is 12.0. The number of carbonyl (C=O) groups excluding carboxylic acids is 1. The molecule has 0 saturated carbocycles. The van der Waals surface area contributed by atoms with Crippen molar-refractivity contribution in [1.82, 2.24) is 5.32 Å². The van der Waals surface area contributed by atoms with Gasteiger partial charge in [0.05, 0.1) is 14.2 Å². The van der Waals surface area contributed by atoms with Crippen molar-refractivity contribution in [3.63, 3.8) is 0 Å². The van der Waals surface area contributed by atoms with Crippen LogP contribution < -0.4 is 20.1 Å². The maximum absolute atomic E-state index is 12.0. The Kier molecular flexibility index (Phi) is 5.69. The number of carbonyl (C=O) groups is 1. The lowest BCUT2D eigenvalue weighted by atomic mass is 10.2. The first-order chi connectivity index (χ1) is 9.75. The van der Waals surface area contributed by atoms with Crippen LogP contribution in [-0.4, -0.2) is 38.9 Å². The minimum Gasteiger partial charge on any atom is -0.497 e. The van der Waals surface area contributed by atoms with Crippen LogP contribution in [0, 0.1) is 0 Å². The minimum atomic E-state index is -4.44. The zero-order valence-corrected chi connectivity index (χ0v) is 11.9. The molecule has 0 radical (unpaired) electrons. The molecule has 2 N–H and O–H groups in total. The summed E-state index contributed by atoms with van der Waals surface area (Å²) in [7, 11) is 2.94. The lowest BCUT2D eigenvalue weighted by Crippen LogP contribution is -2.42. The molecular weight excluding hydrogens is 289 g/mol. The fourth-order valence-corrected chi connectivity index (χ4v) is 1.55. The predicted molar refractivity (Wildman–Crippen MR) is 71.7 cm³/mol. The number of methoxy groups -OCH3 is 2. The Morgan fingerprint density at radius 1 is 1.19 bits per heavy atom. The van der Waals surface area contributed by atoms with Gasteiger partial charge in [-0.1, -0.05) is 0 Å². The van der Waals surface area contributed by atoms with Gasteiger partial charge in [0.1, 0.15) is 24.1 Å². The van der Waals surface area contributed by atoms with E-state index >= 15 is 0 Å². The molecule has 1 amide bonds. The first-order valence-electron chi connectivity index (χ1n) is 6.09. The molecule has 1 aromatic rings. The first-order valence-corrected chi connectivity index (χ1v) is 6.09. The van der Waals surface area contributed by atoms with Crippen molar-refractivity contribution < 1.29 is 27.4 Å². The van der Waals surface area contributed by atoms with Crippen LogP contribution in [0.3, 0.4) is 0 Å². The highest BCUT2D eigenvalue weighted by Gasteiger charge is 2.28. The molecular formula is C13H17F3N2O3. The molecule has 21 heavy (non-hydrogen) atoms. The number of nitrogens with one attached hydrogen (secondary N) is 2. The zero-order valence-electron chi connectivity index (χ0n) is 11.9. The predicted octanol–water partition coefficient (Wildman–Crippen LogP) is 2.18. The number of anilines is 1. The Morgan fingerprint density at radius 3 is 2.14 bits per heavy atom. The summed E-state index contributed by atoms with van der Waals surface area (Å²) in [5, 5.41) is 4.60. The van der Waals surface area contributed by atoms with Gasteiger partial charge in [-0.15, -0.1) is 0 Å². The third kappa shape index (κ3) is 5.80. The largest absolute Gasteiger partial charge is 0.497 e. The van der Waals surface area contributed by atoms with Crippen LogP contribution in [0.1, 0.15) is 6.92 Å². The number of hydrogen-bond donors (Lipinski definition) is 2. The molecule has 0 fully saturated rings. The third-order valence-electron chi connectivity index (χ3n) is 2.59. The molecule has 1 aromatic carbocycles. The molecule has 1 rings (SSSR count). The number of rotatable bonds is 6. The molecule has 118 valence electrons. The lowest BCUT2D eigenvalue weighted by molar-refractivity contribution is -0.138. The molecule has 0 heterocycles. The summed E-state index contributed by atoms with van der Waals surface area (Å²) in [6.07, 6.45) is -4.44. The van der Waals surface area contributed by atoms with Gasteiger partial charge in [-0.05, 0) is 6.92 Å². The number of benzene rings is 1. The molecule has 0 aromatic heterocycles. The number of alkyl halides is 3. The molecule has 5 nitrogen and oxygen atoms in total. The van der Waals surface area contributed by atoms with Gasteiger partial charge in [0.15, 0.2) is 0 Å². The van der Waals surface area contributed by atoms with Gasteiger partial charge >= 0.3 is 6.18 Å². The van der Waals surface area contributed by atoms with Gasteiger partial charge in [-0.25, -0.2) is 0 Å². The molecule has 0 spiro atoms. The van der Waals surface area contributed by atoms with Crippen LogP contribution in [-0.2, 0) is 4.79 Å². The van der Waals surface area contributed by atoms with E-state index < -0.39 is 24.7 Å². The Hall–Kier alpha value is -2.12. The Labute approximate surface area is 120 Å². The van der Waals surface area contributed by atoms with E-state index in [1.54, 1.807) is 18.2 Å². The second-order valence-corrected chi connectivity index (χ2v) is 4.30. The molecule has 1 atom stereocenters. The van der Waals surface area contributed by atoms with Crippen molar-refractivity contribution in [3.8, 4) is 11.5 Å². The van der Waals surface area contributed by atoms with Crippen molar-refractivity contribution in [2.75, 3.05) is 26.1 Å². The summed E-state index contributed by atoms with van der Waals surface area (Å²) in [5.74, 6) is 0.244. The molecule has 0 aliphatic carbocycles. The number of amides is 1. The van der Waals surface area contributed by atoms with E-state index in [9.17, 15) is 18.0 Å². The number of ether oxygens (including phenoxy) is 2. The van der Waals surface area contributed by atoms with Gasteiger partial charge in [-0.2, -0.15) is 13.2 Å². The summed E-state index contributed by atoms with van der Waals surface area (Å²) >= 11 is 0. The molecule has 8 heteroatoms. The van der Waals surface area contributed by atoms with E-state index in [1.165, 1.54) is 21.1 Å². The average Bonchev–Trinajstić information content (AvgIpc) is 2.43. The van der Waals surface area contributed by atoms with Crippen LogP contribution in [0.15, 0.2) is 18.2 Å². The molecule has 0 saturated heterocycles. The van der Waals surface area contributed by atoms with E-state index in [4.69, 9.17) is 9.47 Å². The van der Waals surface area contributed by atoms with Crippen molar-refractivity contribution in [3.05, 3.63) is 18.2 Å². The van der Waals surface area contributed by atoms with E-state index in [-0.39, 0.29) is 0 Å². The highest BCUT2D eigenvalue weighted by molar-refractivity contribution is 5.84. The Bertz CT molecular complexity index is 470. The second kappa shape index (κ2) is 7.05. The van der Waals surface area contributed by atoms with E-state index in [0.29, 0.717) is 17.2 Å². The van der Waals surface area contributed by atoms with Gasteiger partial charge in [0.25, 0.3) is 0 Å².